The summed E-state index contributed by atoms with van der Waals surface area (Å²) in [6.45, 7) is 1.86. The normalized spacial score (nSPS) is 10.7. The molecule has 0 aliphatic rings. The highest BCUT2D eigenvalue weighted by atomic mass is 35.5. The average molecular weight is 441 g/mol. The highest BCUT2D eigenvalue weighted by Crippen LogP contribution is 2.25. The first-order valence-corrected chi connectivity index (χ1v) is 9.06. The summed E-state index contributed by atoms with van der Waals surface area (Å²) in [5, 5.41) is 7.00. The molecule has 8 nitrogen and oxygen atoms in total. The third-order valence-corrected chi connectivity index (χ3v) is 4.85. The largest absolute Gasteiger partial charge is 0.464 e. The number of halogens is 2. The number of aromatic nitrogens is 3. The summed E-state index contributed by atoms with van der Waals surface area (Å²) < 4.78 is 11.4. The van der Waals surface area contributed by atoms with Gasteiger partial charge in [0.25, 0.3) is 5.91 Å². The van der Waals surface area contributed by atoms with Crippen molar-refractivity contribution in [3.63, 3.8) is 0 Å². The van der Waals surface area contributed by atoms with Crippen molar-refractivity contribution in [3.8, 4) is 0 Å². The number of aromatic amines is 1. The van der Waals surface area contributed by atoms with Crippen LogP contribution in [0.1, 0.15) is 32.3 Å². The van der Waals surface area contributed by atoms with Crippen LogP contribution >= 0.6 is 35.4 Å². The van der Waals surface area contributed by atoms with Gasteiger partial charge in [0.15, 0.2) is 16.2 Å². The van der Waals surface area contributed by atoms with Gasteiger partial charge in [0.1, 0.15) is 11.6 Å². The van der Waals surface area contributed by atoms with E-state index in [4.69, 9.17) is 44.7 Å². The fraction of sp³-hybridized carbons (Fsp3) is 0.176. The molecule has 0 atom stereocenters. The van der Waals surface area contributed by atoms with E-state index >= 15 is 0 Å². The Hall–Kier alpha value is -2.62. The maximum atomic E-state index is 12.4. The van der Waals surface area contributed by atoms with E-state index in [0.717, 1.165) is 5.56 Å². The predicted octanol–water partition coefficient (Wildman–Crippen LogP) is 4.24. The van der Waals surface area contributed by atoms with Crippen LogP contribution in [0.3, 0.4) is 0 Å². The number of nitrogens with zero attached hydrogens (tertiary/aromatic N) is 2. The minimum atomic E-state index is -0.681. The summed E-state index contributed by atoms with van der Waals surface area (Å²) in [5.41, 5.74) is 0.858. The molecule has 0 saturated carbocycles. The number of hydrogen-bond acceptors (Lipinski definition) is 6. The Morgan fingerprint density at radius 3 is 2.68 bits per heavy atom. The van der Waals surface area contributed by atoms with Gasteiger partial charge >= 0.3 is 5.97 Å². The molecule has 2 N–H and O–H groups in total. The van der Waals surface area contributed by atoms with Gasteiger partial charge in [-0.15, -0.1) is 0 Å². The van der Waals surface area contributed by atoms with E-state index in [-0.39, 0.29) is 28.5 Å². The second kappa shape index (κ2) is 8.17. The smallest absolute Gasteiger partial charge is 0.358 e. The van der Waals surface area contributed by atoms with Crippen LogP contribution in [0.2, 0.25) is 10.0 Å². The predicted molar refractivity (Wildman–Crippen MR) is 106 cm³/mol. The second-order valence-electron chi connectivity index (χ2n) is 5.76. The Labute approximate surface area is 174 Å². The lowest BCUT2D eigenvalue weighted by molar-refractivity contribution is 0.0590. The van der Waals surface area contributed by atoms with Crippen LogP contribution in [0, 0.1) is 11.7 Å². The lowest BCUT2D eigenvalue weighted by Gasteiger charge is -2.09. The molecule has 1 amide bonds. The molecule has 0 unspecified atom stereocenters. The van der Waals surface area contributed by atoms with Crippen molar-refractivity contribution in [1.82, 2.24) is 14.7 Å². The van der Waals surface area contributed by atoms with Crippen molar-refractivity contribution in [2.24, 2.45) is 0 Å². The van der Waals surface area contributed by atoms with Gasteiger partial charge in [0, 0.05) is 6.07 Å². The summed E-state index contributed by atoms with van der Waals surface area (Å²) >= 11 is 17.3. The number of aryl methyl sites for hydroxylation is 1. The second-order valence-corrected chi connectivity index (χ2v) is 6.96. The molecule has 3 aromatic rings. The first-order chi connectivity index (χ1) is 13.3. The van der Waals surface area contributed by atoms with E-state index in [1.165, 1.54) is 17.7 Å². The number of hydrogen-bond donors (Lipinski definition) is 2. The summed E-state index contributed by atoms with van der Waals surface area (Å²) in [5.74, 6) is -0.690. The number of rotatable bonds is 5. The molecule has 3 rings (SSSR count). The number of H-pyrrole nitrogens is 1. The summed E-state index contributed by atoms with van der Waals surface area (Å²) in [7, 11) is 1.23. The van der Waals surface area contributed by atoms with E-state index in [9.17, 15) is 9.59 Å². The highest BCUT2D eigenvalue weighted by molar-refractivity contribution is 7.71. The number of nitrogens with one attached hydrogen (secondary N) is 2. The van der Waals surface area contributed by atoms with Crippen LogP contribution in [-0.2, 0) is 11.3 Å². The molecule has 0 fully saturated rings. The number of esters is 1. The quantitative estimate of drug-likeness (QED) is 0.454. The summed E-state index contributed by atoms with van der Waals surface area (Å²) in [6, 6.07) is 6.52. The van der Waals surface area contributed by atoms with Crippen LogP contribution in [0.4, 0.5) is 5.82 Å². The number of ether oxygens (including phenoxy) is 1. The van der Waals surface area contributed by atoms with Crippen molar-refractivity contribution >= 4 is 53.1 Å². The Bertz CT molecular complexity index is 1120. The molecular weight excluding hydrogens is 427 g/mol. The molecular formula is C17H14Cl2N4O4S. The molecule has 0 aliphatic carbocycles. The van der Waals surface area contributed by atoms with Crippen LogP contribution in [-0.4, -0.2) is 33.7 Å². The van der Waals surface area contributed by atoms with Crippen molar-refractivity contribution in [1.29, 1.82) is 0 Å². The molecule has 0 saturated heterocycles. The monoisotopic (exact) mass is 440 g/mol. The maximum absolute atomic E-state index is 12.4. The van der Waals surface area contributed by atoms with E-state index in [1.807, 2.05) is 0 Å². The van der Waals surface area contributed by atoms with Gasteiger partial charge in [-0.25, -0.2) is 4.79 Å². The minimum Gasteiger partial charge on any atom is -0.464 e. The Morgan fingerprint density at radius 2 is 2.07 bits per heavy atom. The number of imidazole rings is 1. The van der Waals surface area contributed by atoms with Crippen molar-refractivity contribution in [2.45, 2.75) is 13.5 Å². The number of amides is 1. The van der Waals surface area contributed by atoms with E-state index < -0.39 is 11.9 Å². The van der Waals surface area contributed by atoms with Gasteiger partial charge in [-0.1, -0.05) is 34.4 Å². The van der Waals surface area contributed by atoms with Crippen LogP contribution < -0.4 is 5.32 Å². The Balaban J connectivity index is 1.98. The third-order valence-electron chi connectivity index (χ3n) is 3.79. The molecule has 0 aliphatic heterocycles. The zero-order chi connectivity index (χ0) is 20.4. The number of anilines is 1. The van der Waals surface area contributed by atoms with Gasteiger partial charge in [0.05, 0.1) is 23.7 Å². The molecule has 0 bridgehead atoms. The number of methoxy groups -OCH3 is 1. The maximum Gasteiger partial charge on any atom is 0.358 e. The number of carbonyl (C=O) groups is 2. The SMILES string of the molecule is COC(=O)c1c(NC(=O)c2cc(C)on2)[nH]c(=S)n1Cc1ccc(Cl)c(Cl)c1. The molecule has 1 aromatic carbocycles. The van der Waals surface area contributed by atoms with Crippen molar-refractivity contribution < 1.29 is 18.8 Å². The third kappa shape index (κ3) is 4.11. The van der Waals surface area contributed by atoms with Crippen molar-refractivity contribution in [3.05, 3.63) is 61.8 Å². The minimum absolute atomic E-state index is 0.0483. The molecule has 2 aromatic heterocycles. The molecule has 146 valence electrons. The average Bonchev–Trinajstić information content (AvgIpc) is 3.21. The van der Waals surface area contributed by atoms with Crippen LogP contribution in [0.5, 0.6) is 0 Å². The Kier molecular flexibility index (Phi) is 5.87. The van der Waals surface area contributed by atoms with E-state index in [1.54, 1.807) is 25.1 Å². The van der Waals surface area contributed by atoms with Crippen LogP contribution in [0.25, 0.3) is 0 Å². The molecule has 11 heteroatoms. The van der Waals surface area contributed by atoms with Gasteiger partial charge in [0.2, 0.25) is 0 Å². The summed E-state index contributed by atoms with van der Waals surface area (Å²) in [4.78, 5) is 27.5. The Morgan fingerprint density at radius 1 is 1.32 bits per heavy atom. The lowest BCUT2D eigenvalue weighted by atomic mass is 10.2. The molecule has 0 spiro atoms. The molecule has 2 heterocycles. The first kappa shape index (κ1) is 20.1. The number of carbonyl (C=O) groups excluding carboxylic acids is 2. The van der Waals surface area contributed by atoms with Crippen LogP contribution in [0.15, 0.2) is 28.8 Å². The van der Waals surface area contributed by atoms with Gasteiger partial charge in [-0.05, 0) is 36.8 Å². The van der Waals surface area contributed by atoms with E-state index in [2.05, 4.69) is 15.5 Å². The van der Waals surface area contributed by atoms with E-state index in [0.29, 0.717) is 15.8 Å². The highest BCUT2D eigenvalue weighted by Gasteiger charge is 2.23. The van der Waals surface area contributed by atoms with Gasteiger partial charge in [-0.3, -0.25) is 4.79 Å². The lowest BCUT2D eigenvalue weighted by Crippen LogP contribution is -2.18. The standard InChI is InChI=1S/C17H14Cl2N4O4S/c1-8-5-12(22-27-8)15(24)20-14-13(16(25)26-2)23(17(28)21-14)7-9-3-4-10(18)11(19)6-9/h3-6H,7H2,1-2H3,(H,20,24)(H,21,28). The topological polar surface area (TPSA) is 102 Å². The first-order valence-electron chi connectivity index (χ1n) is 7.90. The molecule has 28 heavy (non-hydrogen) atoms. The van der Waals surface area contributed by atoms with Gasteiger partial charge in [-0.2, -0.15) is 0 Å². The summed E-state index contributed by atoms with van der Waals surface area (Å²) in [6.07, 6.45) is 0. The fourth-order valence-electron chi connectivity index (χ4n) is 2.49. The van der Waals surface area contributed by atoms with Crippen molar-refractivity contribution in [2.75, 3.05) is 12.4 Å². The zero-order valence-corrected chi connectivity index (χ0v) is 17.0. The van der Waals surface area contributed by atoms with Gasteiger partial charge < -0.3 is 24.1 Å². The number of benzene rings is 1. The molecule has 0 radical (unpaired) electrons. The zero-order valence-electron chi connectivity index (χ0n) is 14.7. The fourth-order valence-corrected chi connectivity index (χ4v) is 3.07.